The van der Waals surface area contributed by atoms with Gasteiger partial charge in [0.25, 0.3) is 23.0 Å². The van der Waals surface area contributed by atoms with Crippen molar-refractivity contribution >= 4 is 78.4 Å². The minimum absolute atomic E-state index is 0.255. The summed E-state index contributed by atoms with van der Waals surface area (Å²) in [6.45, 7) is 3.13. The van der Waals surface area contributed by atoms with Crippen LogP contribution >= 0.6 is 31.9 Å². The molecule has 2 aromatic carbocycles. The summed E-state index contributed by atoms with van der Waals surface area (Å²) in [6, 6.07) is 13.4. The van der Waals surface area contributed by atoms with Crippen LogP contribution in [0.1, 0.15) is 26.7 Å². The van der Waals surface area contributed by atoms with E-state index in [0.29, 0.717) is 22.5 Å². The van der Waals surface area contributed by atoms with Crippen LogP contribution in [-0.4, -0.2) is 46.4 Å². The van der Waals surface area contributed by atoms with E-state index >= 15 is 0 Å². The average molecular weight is 672 g/mol. The third kappa shape index (κ3) is 4.22. The number of Topliss-reactive ketones (excluding diaryl/α,β-unsaturated/α-hetero) is 2. The molecule has 2 spiro atoms. The molecule has 0 N–H and O–H groups in total. The zero-order valence-corrected chi connectivity index (χ0v) is 24.3. The number of ether oxygens (including phenoxy) is 2. The molecule has 0 radical (unpaired) electrons. The van der Waals surface area contributed by atoms with Crippen LogP contribution in [-0.2, 0) is 38.2 Å². The summed E-state index contributed by atoms with van der Waals surface area (Å²) >= 11 is 6.57. The Bertz CT molecular complexity index is 1450. The first-order valence-corrected chi connectivity index (χ1v) is 13.5. The molecule has 2 fully saturated rings. The van der Waals surface area contributed by atoms with Gasteiger partial charge in [0.15, 0.2) is 0 Å². The standard InChI is InChI=1S/2C14H10BrNO4/c2*1-8-7-20-14(12(8)18)6-11(17)16(13(14)19)10-4-2-9(15)3-5-10/h2*2-5,7H,6H2,1H3/t2*14-/m11/s1. The topological polar surface area (TPSA) is 127 Å². The number of carbonyl (C=O) groups is 6. The monoisotopic (exact) mass is 670 g/mol. The van der Waals surface area contributed by atoms with Crippen molar-refractivity contribution in [3.05, 3.63) is 81.1 Å². The number of amides is 4. The average Bonchev–Trinajstić information content (AvgIpc) is 3.56. The van der Waals surface area contributed by atoms with Crippen molar-refractivity contribution in [2.45, 2.75) is 37.9 Å². The molecule has 2 saturated heterocycles. The van der Waals surface area contributed by atoms with Gasteiger partial charge in [-0.1, -0.05) is 31.9 Å². The highest BCUT2D eigenvalue weighted by molar-refractivity contribution is 9.10. The number of anilines is 2. The van der Waals surface area contributed by atoms with Gasteiger partial charge < -0.3 is 9.47 Å². The van der Waals surface area contributed by atoms with E-state index in [1.807, 2.05) is 0 Å². The predicted molar refractivity (Wildman–Crippen MR) is 148 cm³/mol. The Hall–Kier alpha value is -3.90. The lowest BCUT2D eigenvalue weighted by atomic mass is 9.94. The van der Waals surface area contributed by atoms with Crippen LogP contribution in [0.25, 0.3) is 0 Å². The summed E-state index contributed by atoms with van der Waals surface area (Å²) in [5.74, 6) is -2.99. The Balaban J connectivity index is 0.000000161. The van der Waals surface area contributed by atoms with Gasteiger partial charge in [0.05, 0.1) is 36.7 Å². The maximum absolute atomic E-state index is 12.5. The zero-order valence-electron chi connectivity index (χ0n) is 21.1. The van der Waals surface area contributed by atoms with E-state index < -0.39 is 46.4 Å². The van der Waals surface area contributed by atoms with Gasteiger partial charge in [-0.2, -0.15) is 0 Å². The van der Waals surface area contributed by atoms with Crippen molar-refractivity contribution in [3.8, 4) is 0 Å². The zero-order chi connectivity index (χ0) is 29.0. The van der Waals surface area contributed by atoms with Crippen molar-refractivity contribution in [1.29, 1.82) is 0 Å². The minimum atomic E-state index is -1.69. The molecule has 4 aliphatic rings. The van der Waals surface area contributed by atoms with Gasteiger partial charge in [0.1, 0.15) is 0 Å². The number of carbonyl (C=O) groups excluding carboxylic acids is 6. The summed E-state index contributed by atoms with van der Waals surface area (Å²) in [5, 5.41) is 0. The largest absolute Gasteiger partial charge is 0.476 e. The molecule has 12 heteroatoms. The van der Waals surface area contributed by atoms with Crippen molar-refractivity contribution < 1.29 is 38.2 Å². The first-order valence-electron chi connectivity index (χ1n) is 12.0. The predicted octanol–water partition coefficient (Wildman–Crippen LogP) is 3.91. The second-order valence-corrected chi connectivity index (χ2v) is 11.4. The van der Waals surface area contributed by atoms with E-state index in [-0.39, 0.29) is 12.8 Å². The molecular weight excluding hydrogens is 652 g/mol. The smallest absolute Gasteiger partial charge is 0.286 e. The van der Waals surface area contributed by atoms with Crippen molar-refractivity contribution in [3.63, 3.8) is 0 Å². The van der Waals surface area contributed by atoms with Crippen LogP contribution in [0.4, 0.5) is 11.4 Å². The number of nitrogens with zero attached hydrogens (tertiary/aromatic N) is 2. The van der Waals surface area contributed by atoms with Crippen molar-refractivity contribution in [2.24, 2.45) is 0 Å². The van der Waals surface area contributed by atoms with Crippen LogP contribution in [0, 0.1) is 0 Å². The molecule has 0 bridgehead atoms. The van der Waals surface area contributed by atoms with E-state index in [1.54, 1.807) is 62.4 Å². The molecule has 2 aromatic rings. The van der Waals surface area contributed by atoms with Gasteiger partial charge in [0.2, 0.25) is 23.4 Å². The van der Waals surface area contributed by atoms with E-state index in [0.717, 1.165) is 18.7 Å². The Kier molecular flexibility index (Phi) is 6.87. The summed E-state index contributed by atoms with van der Waals surface area (Å²) in [4.78, 5) is 75.5. The first kappa shape index (κ1) is 27.7. The fourth-order valence-electron chi connectivity index (χ4n) is 4.79. The lowest BCUT2D eigenvalue weighted by molar-refractivity contribution is -0.144. The number of hydrogen-bond donors (Lipinski definition) is 0. The molecule has 2 atom stereocenters. The molecule has 0 saturated carbocycles. The van der Waals surface area contributed by atoms with Crippen molar-refractivity contribution in [1.82, 2.24) is 0 Å². The van der Waals surface area contributed by atoms with Crippen LogP contribution in [0.2, 0.25) is 0 Å². The Labute approximate surface area is 244 Å². The van der Waals surface area contributed by atoms with Crippen molar-refractivity contribution in [2.75, 3.05) is 9.80 Å². The molecule has 4 heterocycles. The number of halogens is 2. The normalized spacial score (nSPS) is 25.4. The van der Waals surface area contributed by atoms with E-state index in [4.69, 9.17) is 9.47 Å². The number of ketones is 2. The Morgan fingerprint density at radius 1 is 0.600 bits per heavy atom. The van der Waals surface area contributed by atoms with Gasteiger partial charge in [-0.3, -0.25) is 28.8 Å². The highest BCUT2D eigenvalue weighted by Crippen LogP contribution is 2.39. The number of hydrogen-bond acceptors (Lipinski definition) is 8. The summed E-state index contributed by atoms with van der Waals surface area (Å²) in [7, 11) is 0. The molecule has 204 valence electrons. The fourth-order valence-corrected chi connectivity index (χ4v) is 5.32. The van der Waals surface area contributed by atoms with Gasteiger partial charge in [-0.25, -0.2) is 9.80 Å². The highest BCUT2D eigenvalue weighted by Gasteiger charge is 2.62. The summed E-state index contributed by atoms with van der Waals surface area (Å²) in [6.07, 6.45) is 1.99. The quantitative estimate of drug-likeness (QED) is 0.348. The second kappa shape index (κ2) is 9.93. The molecule has 0 aliphatic carbocycles. The van der Waals surface area contributed by atoms with Gasteiger partial charge >= 0.3 is 0 Å². The molecular formula is C28H20Br2N2O8. The van der Waals surface area contributed by atoms with Crippen LogP contribution in [0.3, 0.4) is 0 Å². The summed E-state index contributed by atoms with van der Waals surface area (Å²) in [5.41, 5.74) is -1.81. The van der Waals surface area contributed by atoms with E-state index in [2.05, 4.69) is 31.9 Å². The minimum Gasteiger partial charge on any atom is -0.476 e. The number of imide groups is 2. The van der Waals surface area contributed by atoms with Gasteiger partial charge in [0, 0.05) is 20.1 Å². The SMILES string of the molecule is CC1=CO[C@]2(CC(=O)N(c3ccc(Br)cc3)C2=O)C1=O.CC1=CO[C@]2(CC(=O)N(c3ccc(Br)cc3)C2=O)C1=O. The maximum Gasteiger partial charge on any atom is 0.286 e. The number of benzene rings is 2. The van der Waals surface area contributed by atoms with Gasteiger partial charge in [-0.15, -0.1) is 0 Å². The molecule has 40 heavy (non-hydrogen) atoms. The van der Waals surface area contributed by atoms with Gasteiger partial charge in [-0.05, 0) is 62.4 Å². The molecule has 0 aromatic heterocycles. The molecule has 6 rings (SSSR count). The highest BCUT2D eigenvalue weighted by atomic mass is 79.9. The molecule has 4 amide bonds. The first-order chi connectivity index (χ1) is 18.9. The summed E-state index contributed by atoms with van der Waals surface area (Å²) < 4.78 is 12.2. The third-order valence-corrected chi connectivity index (χ3v) is 7.95. The fraction of sp³-hybridized carbons (Fsp3) is 0.214. The molecule has 10 nitrogen and oxygen atoms in total. The van der Waals surface area contributed by atoms with E-state index in [9.17, 15) is 28.8 Å². The van der Waals surface area contributed by atoms with Crippen LogP contribution in [0.15, 0.2) is 81.1 Å². The molecule has 4 aliphatic heterocycles. The second-order valence-electron chi connectivity index (χ2n) is 9.52. The molecule has 0 unspecified atom stereocenters. The van der Waals surface area contributed by atoms with Crippen LogP contribution < -0.4 is 9.80 Å². The lowest BCUT2D eigenvalue weighted by Gasteiger charge is -2.20. The van der Waals surface area contributed by atoms with E-state index in [1.165, 1.54) is 12.5 Å². The third-order valence-electron chi connectivity index (χ3n) is 6.89. The Morgan fingerprint density at radius 2 is 0.925 bits per heavy atom. The lowest BCUT2D eigenvalue weighted by Crippen LogP contribution is -2.46. The number of rotatable bonds is 2. The van der Waals surface area contributed by atoms with Crippen LogP contribution in [0.5, 0.6) is 0 Å². The Morgan fingerprint density at radius 3 is 1.20 bits per heavy atom. The maximum atomic E-state index is 12.5.